The van der Waals surface area contributed by atoms with Crippen LogP contribution in [0.25, 0.3) is 0 Å². The van der Waals surface area contributed by atoms with Gasteiger partial charge in [-0.05, 0) is 49.2 Å². The van der Waals surface area contributed by atoms with E-state index in [-0.39, 0.29) is 28.2 Å². The molecule has 2 aromatic carbocycles. The van der Waals surface area contributed by atoms with Crippen LogP contribution in [0.1, 0.15) is 32.3 Å². The number of hydrogen-bond donors (Lipinski definition) is 1. The van der Waals surface area contributed by atoms with Gasteiger partial charge in [-0.25, -0.2) is 8.42 Å². The van der Waals surface area contributed by atoms with Gasteiger partial charge in [0.15, 0.2) is 0 Å². The van der Waals surface area contributed by atoms with Crippen LogP contribution in [0.2, 0.25) is 15.1 Å². The van der Waals surface area contributed by atoms with Crippen molar-refractivity contribution in [3.8, 4) is 0 Å². The van der Waals surface area contributed by atoms with Gasteiger partial charge in [-0.3, -0.25) is 13.9 Å². The molecule has 11 heteroatoms. The predicted octanol–water partition coefficient (Wildman–Crippen LogP) is 4.75. The molecule has 1 N–H and O–H groups in total. The normalized spacial score (nSPS) is 12.2. The van der Waals surface area contributed by atoms with Gasteiger partial charge in [0.1, 0.15) is 12.6 Å². The maximum atomic E-state index is 13.4. The summed E-state index contributed by atoms with van der Waals surface area (Å²) >= 11 is 18.0. The molecular formula is C23H28Cl3N3O4S. The molecule has 0 aliphatic heterocycles. The molecule has 2 aromatic rings. The maximum Gasteiger partial charge on any atom is 0.244 e. The lowest BCUT2D eigenvalue weighted by atomic mass is 10.1. The third-order valence-electron chi connectivity index (χ3n) is 5.13. The summed E-state index contributed by atoms with van der Waals surface area (Å²) in [5.41, 5.74) is 0.933. The summed E-state index contributed by atoms with van der Waals surface area (Å²) in [6, 6.07) is 10.3. The van der Waals surface area contributed by atoms with Crippen molar-refractivity contribution < 1.29 is 18.0 Å². The van der Waals surface area contributed by atoms with E-state index in [1.807, 2.05) is 6.92 Å². The van der Waals surface area contributed by atoms with E-state index >= 15 is 0 Å². The number of benzene rings is 2. The molecule has 0 aromatic heterocycles. The van der Waals surface area contributed by atoms with Crippen molar-refractivity contribution in [2.45, 2.75) is 39.3 Å². The van der Waals surface area contributed by atoms with Crippen LogP contribution in [0.5, 0.6) is 0 Å². The summed E-state index contributed by atoms with van der Waals surface area (Å²) in [4.78, 5) is 27.5. The quantitative estimate of drug-likeness (QED) is 0.411. The average molecular weight is 549 g/mol. The van der Waals surface area contributed by atoms with Crippen molar-refractivity contribution in [1.82, 2.24) is 10.2 Å². The fourth-order valence-corrected chi connectivity index (χ4v) is 4.42. The van der Waals surface area contributed by atoms with E-state index in [1.165, 1.54) is 23.1 Å². The van der Waals surface area contributed by atoms with Crippen LogP contribution in [-0.2, 0) is 26.2 Å². The predicted molar refractivity (Wildman–Crippen MR) is 138 cm³/mol. The first-order valence-electron chi connectivity index (χ1n) is 10.7. The van der Waals surface area contributed by atoms with E-state index in [2.05, 4.69) is 5.32 Å². The van der Waals surface area contributed by atoms with Crippen LogP contribution in [0.4, 0.5) is 5.69 Å². The lowest BCUT2D eigenvalue weighted by Crippen LogP contribution is -2.51. The van der Waals surface area contributed by atoms with Gasteiger partial charge in [-0.1, -0.05) is 60.3 Å². The molecule has 1 atom stereocenters. The minimum atomic E-state index is -3.85. The number of amides is 2. The second-order valence-corrected chi connectivity index (χ2v) is 11.0. The molecule has 0 fully saturated rings. The van der Waals surface area contributed by atoms with Crippen LogP contribution in [0.15, 0.2) is 42.5 Å². The topological polar surface area (TPSA) is 86.8 Å². The zero-order valence-electron chi connectivity index (χ0n) is 19.2. The lowest BCUT2D eigenvalue weighted by Gasteiger charge is -2.31. The summed E-state index contributed by atoms with van der Waals surface area (Å²) in [6.45, 7) is 3.68. The van der Waals surface area contributed by atoms with Crippen molar-refractivity contribution in [2.75, 3.05) is 23.7 Å². The average Bonchev–Trinajstić information content (AvgIpc) is 2.77. The molecule has 0 spiro atoms. The summed E-state index contributed by atoms with van der Waals surface area (Å²) in [7, 11) is -3.85. The van der Waals surface area contributed by atoms with Crippen LogP contribution in [0.3, 0.4) is 0 Å². The van der Waals surface area contributed by atoms with Gasteiger partial charge in [-0.2, -0.15) is 0 Å². The summed E-state index contributed by atoms with van der Waals surface area (Å²) < 4.78 is 26.0. The molecule has 0 aliphatic rings. The standard InChI is InChI=1S/C23H28Cl3N3O4S/c1-4-5-12-27-23(31)16(2)28(14-17-6-8-18(24)9-7-17)22(30)15-29(34(3,32)33)19-10-11-20(25)21(26)13-19/h6-11,13,16H,4-5,12,14-15H2,1-3H3,(H,27,31). The number of carbonyl (C=O) groups excluding carboxylic acids is 2. The number of halogens is 3. The van der Waals surface area contributed by atoms with Gasteiger partial charge in [0.25, 0.3) is 0 Å². The Morgan fingerprint density at radius 2 is 1.68 bits per heavy atom. The van der Waals surface area contributed by atoms with E-state index in [0.29, 0.717) is 11.6 Å². The summed E-state index contributed by atoms with van der Waals surface area (Å²) in [5, 5.41) is 3.77. The highest BCUT2D eigenvalue weighted by atomic mass is 35.5. The zero-order valence-corrected chi connectivity index (χ0v) is 22.3. The number of anilines is 1. The molecule has 34 heavy (non-hydrogen) atoms. The SMILES string of the molecule is CCCCNC(=O)C(C)N(Cc1ccc(Cl)cc1)C(=O)CN(c1ccc(Cl)c(Cl)c1)S(C)(=O)=O. The zero-order chi connectivity index (χ0) is 25.5. The van der Waals surface area contributed by atoms with Crippen molar-refractivity contribution in [1.29, 1.82) is 0 Å². The van der Waals surface area contributed by atoms with Gasteiger partial charge in [0, 0.05) is 18.1 Å². The molecule has 0 bridgehead atoms. The second-order valence-electron chi connectivity index (χ2n) is 7.84. The lowest BCUT2D eigenvalue weighted by molar-refractivity contribution is -0.139. The fourth-order valence-electron chi connectivity index (χ4n) is 3.16. The largest absolute Gasteiger partial charge is 0.354 e. The third-order valence-corrected chi connectivity index (χ3v) is 7.26. The molecule has 0 saturated heterocycles. The van der Waals surface area contributed by atoms with Gasteiger partial charge < -0.3 is 10.2 Å². The molecule has 0 aliphatic carbocycles. The monoisotopic (exact) mass is 547 g/mol. The Hall–Kier alpha value is -2.00. The molecule has 0 saturated carbocycles. The highest BCUT2D eigenvalue weighted by molar-refractivity contribution is 7.92. The summed E-state index contributed by atoms with van der Waals surface area (Å²) in [5.74, 6) is -0.874. The molecular weight excluding hydrogens is 521 g/mol. The molecule has 2 rings (SSSR count). The van der Waals surface area contributed by atoms with E-state index in [9.17, 15) is 18.0 Å². The molecule has 0 heterocycles. The summed E-state index contributed by atoms with van der Waals surface area (Å²) in [6.07, 6.45) is 2.71. The van der Waals surface area contributed by atoms with Crippen molar-refractivity contribution in [3.63, 3.8) is 0 Å². The van der Waals surface area contributed by atoms with Gasteiger partial charge in [0.05, 0.1) is 22.0 Å². The number of carbonyl (C=O) groups is 2. The highest BCUT2D eigenvalue weighted by Gasteiger charge is 2.30. The van der Waals surface area contributed by atoms with Gasteiger partial charge in [0.2, 0.25) is 21.8 Å². The van der Waals surface area contributed by atoms with Gasteiger partial charge in [-0.15, -0.1) is 0 Å². The first kappa shape index (κ1) is 28.2. The molecule has 186 valence electrons. The fraction of sp³-hybridized carbons (Fsp3) is 0.391. The van der Waals surface area contributed by atoms with E-state index in [4.69, 9.17) is 34.8 Å². The van der Waals surface area contributed by atoms with E-state index < -0.39 is 28.5 Å². The van der Waals surface area contributed by atoms with E-state index in [0.717, 1.165) is 29.0 Å². The number of unbranched alkanes of at least 4 members (excludes halogenated alkanes) is 1. The second kappa shape index (κ2) is 12.6. The van der Waals surface area contributed by atoms with Crippen molar-refractivity contribution in [2.24, 2.45) is 0 Å². The number of rotatable bonds is 11. The van der Waals surface area contributed by atoms with Gasteiger partial charge >= 0.3 is 0 Å². The molecule has 2 amide bonds. The Morgan fingerprint density at radius 3 is 2.24 bits per heavy atom. The minimum Gasteiger partial charge on any atom is -0.354 e. The maximum absolute atomic E-state index is 13.4. The van der Waals surface area contributed by atoms with E-state index in [1.54, 1.807) is 31.2 Å². The van der Waals surface area contributed by atoms with Crippen molar-refractivity contribution in [3.05, 3.63) is 63.1 Å². The number of hydrogen-bond acceptors (Lipinski definition) is 4. The first-order valence-corrected chi connectivity index (χ1v) is 13.7. The van der Waals surface area contributed by atoms with Crippen LogP contribution < -0.4 is 9.62 Å². The minimum absolute atomic E-state index is 0.0946. The Balaban J connectivity index is 2.35. The first-order chi connectivity index (χ1) is 15.9. The van der Waals surface area contributed by atoms with Crippen LogP contribution >= 0.6 is 34.8 Å². The Labute approximate surface area is 216 Å². The molecule has 7 nitrogen and oxygen atoms in total. The van der Waals surface area contributed by atoms with Crippen LogP contribution in [-0.4, -0.2) is 50.5 Å². The highest BCUT2D eigenvalue weighted by Crippen LogP contribution is 2.28. The van der Waals surface area contributed by atoms with Crippen LogP contribution in [0, 0.1) is 0 Å². The smallest absolute Gasteiger partial charge is 0.244 e. The number of nitrogens with zero attached hydrogens (tertiary/aromatic N) is 2. The molecule has 1 unspecified atom stereocenters. The number of nitrogens with one attached hydrogen (secondary N) is 1. The Morgan fingerprint density at radius 1 is 1.03 bits per heavy atom. The Kier molecular flexibility index (Phi) is 10.5. The van der Waals surface area contributed by atoms with Crippen molar-refractivity contribution >= 4 is 62.3 Å². The molecule has 0 radical (unpaired) electrons. The third kappa shape index (κ3) is 8.05. The Bertz CT molecular complexity index is 1110. The number of sulfonamides is 1.